The van der Waals surface area contributed by atoms with Gasteiger partial charge in [-0.25, -0.2) is 12.8 Å². The first-order valence-corrected chi connectivity index (χ1v) is 10.1. The summed E-state index contributed by atoms with van der Waals surface area (Å²) in [7, 11) is -3.48. The Bertz CT molecular complexity index is 661. The van der Waals surface area contributed by atoms with Crippen LogP contribution in [0.15, 0.2) is 24.3 Å². The van der Waals surface area contributed by atoms with E-state index in [1.807, 2.05) is 4.90 Å². The van der Waals surface area contributed by atoms with Gasteiger partial charge in [0, 0.05) is 26.1 Å². The van der Waals surface area contributed by atoms with E-state index in [1.54, 1.807) is 0 Å². The normalized spacial score (nSPS) is 18.5. The van der Waals surface area contributed by atoms with Crippen LogP contribution >= 0.6 is 0 Å². The van der Waals surface area contributed by atoms with Crippen molar-refractivity contribution in [3.63, 3.8) is 0 Å². The third-order valence-electron chi connectivity index (χ3n) is 4.28. The molecule has 1 heterocycles. The number of hydrogen-bond donors (Lipinski definition) is 0. The molecule has 1 aromatic rings. The smallest absolute Gasteiger partial charge is 0.232 e. The molecule has 7 heteroatoms. The van der Waals surface area contributed by atoms with Crippen molar-refractivity contribution in [1.29, 1.82) is 0 Å². The summed E-state index contributed by atoms with van der Waals surface area (Å²) < 4.78 is 38.2. The molecule has 0 aromatic heterocycles. The summed E-state index contributed by atoms with van der Waals surface area (Å²) in [6.07, 6.45) is 4.05. The van der Waals surface area contributed by atoms with Crippen LogP contribution < -0.4 is 4.31 Å². The van der Waals surface area contributed by atoms with Crippen LogP contribution in [0.25, 0.3) is 0 Å². The van der Waals surface area contributed by atoms with Gasteiger partial charge in [-0.2, -0.15) is 0 Å². The maximum absolute atomic E-state index is 13.0. The Balaban J connectivity index is 1.94. The van der Waals surface area contributed by atoms with Gasteiger partial charge in [0.2, 0.25) is 15.9 Å². The number of nitrogens with zero attached hydrogens (tertiary/aromatic N) is 2. The SMILES string of the molecule is C[C@H]1CCCN(C(=O)CCCN(c2ccc(F)cc2)S(C)(=O)=O)C1. The topological polar surface area (TPSA) is 57.7 Å². The van der Waals surface area contributed by atoms with Gasteiger partial charge in [0.05, 0.1) is 11.9 Å². The maximum Gasteiger partial charge on any atom is 0.232 e. The van der Waals surface area contributed by atoms with Crippen LogP contribution in [0.3, 0.4) is 0 Å². The molecule has 5 nitrogen and oxygen atoms in total. The molecule has 0 radical (unpaired) electrons. The molecule has 1 aromatic carbocycles. The van der Waals surface area contributed by atoms with Gasteiger partial charge in [0.15, 0.2) is 0 Å². The van der Waals surface area contributed by atoms with Crippen LogP contribution in [-0.2, 0) is 14.8 Å². The van der Waals surface area contributed by atoms with E-state index >= 15 is 0 Å². The number of carbonyl (C=O) groups excluding carboxylic acids is 1. The highest BCUT2D eigenvalue weighted by Crippen LogP contribution is 2.20. The van der Waals surface area contributed by atoms with E-state index in [9.17, 15) is 17.6 Å². The molecule has 0 aliphatic carbocycles. The summed E-state index contributed by atoms with van der Waals surface area (Å²) in [6.45, 7) is 3.92. The second-order valence-electron chi connectivity index (χ2n) is 6.50. The van der Waals surface area contributed by atoms with Crippen molar-refractivity contribution in [1.82, 2.24) is 4.90 Å². The van der Waals surface area contributed by atoms with E-state index in [1.165, 1.54) is 28.6 Å². The van der Waals surface area contributed by atoms with Crippen LogP contribution in [0, 0.1) is 11.7 Å². The fourth-order valence-corrected chi connectivity index (χ4v) is 4.01. The number of sulfonamides is 1. The molecule has 1 saturated heterocycles. The van der Waals surface area contributed by atoms with Crippen LogP contribution in [0.4, 0.5) is 10.1 Å². The summed E-state index contributed by atoms with van der Waals surface area (Å²) >= 11 is 0. The van der Waals surface area contributed by atoms with Gasteiger partial charge in [0.25, 0.3) is 0 Å². The Morgan fingerprint density at radius 2 is 2.00 bits per heavy atom. The van der Waals surface area contributed by atoms with Gasteiger partial charge in [-0.15, -0.1) is 0 Å². The third-order valence-corrected chi connectivity index (χ3v) is 5.47. The minimum Gasteiger partial charge on any atom is -0.342 e. The highest BCUT2D eigenvalue weighted by molar-refractivity contribution is 7.92. The third kappa shape index (κ3) is 5.19. The number of likely N-dealkylation sites (tertiary alicyclic amines) is 1. The van der Waals surface area contributed by atoms with Gasteiger partial charge in [-0.3, -0.25) is 9.10 Å². The first-order chi connectivity index (χ1) is 11.3. The number of piperidine rings is 1. The molecular formula is C17H25FN2O3S. The lowest BCUT2D eigenvalue weighted by atomic mass is 10.00. The molecule has 0 bridgehead atoms. The lowest BCUT2D eigenvalue weighted by Crippen LogP contribution is -2.39. The molecule has 1 atom stereocenters. The van der Waals surface area contributed by atoms with E-state index in [2.05, 4.69) is 6.92 Å². The fraction of sp³-hybridized carbons (Fsp3) is 0.588. The zero-order chi connectivity index (χ0) is 17.7. The number of rotatable bonds is 6. The van der Waals surface area contributed by atoms with Crippen LogP contribution in [-0.4, -0.2) is 45.1 Å². The molecule has 0 spiro atoms. The number of hydrogen-bond acceptors (Lipinski definition) is 3. The summed E-state index contributed by atoms with van der Waals surface area (Å²) in [4.78, 5) is 14.1. The van der Waals surface area contributed by atoms with E-state index in [0.29, 0.717) is 24.4 Å². The van der Waals surface area contributed by atoms with E-state index < -0.39 is 15.8 Å². The molecule has 1 fully saturated rings. The molecule has 0 saturated carbocycles. The van der Waals surface area contributed by atoms with Gasteiger partial charge in [-0.1, -0.05) is 6.92 Å². The van der Waals surface area contributed by atoms with E-state index in [0.717, 1.165) is 32.2 Å². The molecule has 134 valence electrons. The largest absolute Gasteiger partial charge is 0.342 e. The number of amides is 1. The predicted molar refractivity (Wildman–Crippen MR) is 92.8 cm³/mol. The Morgan fingerprint density at radius 3 is 2.58 bits per heavy atom. The number of anilines is 1. The van der Waals surface area contributed by atoms with Gasteiger partial charge < -0.3 is 4.90 Å². The Morgan fingerprint density at radius 1 is 1.33 bits per heavy atom. The monoisotopic (exact) mass is 356 g/mol. The van der Waals surface area contributed by atoms with Gasteiger partial charge in [-0.05, 0) is 49.4 Å². The minimum absolute atomic E-state index is 0.0779. The van der Waals surface area contributed by atoms with E-state index in [-0.39, 0.29) is 12.5 Å². The standard InChI is InChI=1S/C17H25FN2O3S/c1-14-5-3-11-19(13-14)17(21)6-4-12-20(24(2,22)23)16-9-7-15(18)8-10-16/h7-10,14H,3-6,11-13H2,1-2H3/t14-/m0/s1. The molecule has 0 unspecified atom stereocenters. The molecule has 1 aliphatic heterocycles. The van der Waals surface area contributed by atoms with Crippen LogP contribution in [0.2, 0.25) is 0 Å². The summed E-state index contributed by atoms with van der Waals surface area (Å²) in [5.74, 6) is 0.185. The van der Waals surface area contributed by atoms with Crippen molar-refractivity contribution >= 4 is 21.6 Å². The first-order valence-electron chi connectivity index (χ1n) is 8.28. The number of carbonyl (C=O) groups is 1. The summed E-state index contributed by atoms with van der Waals surface area (Å²) in [5, 5.41) is 0. The lowest BCUT2D eigenvalue weighted by molar-refractivity contribution is -0.132. The van der Waals surface area contributed by atoms with Crippen molar-refractivity contribution in [2.24, 2.45) is 5.92 Å². The van der Waals surface area contributed by atoms with Crippen molar-refractivity contribution < 1.29 is 17.6 Å². The number of benzene rings is 1. The van der Waals surface area contributed by atoms with Crippen molar-refractivity contribution in [2.75, 3.05) is 30.2 Å². The second kappa shape index (κ2) is 7.96. The maximum atomic E-state index is 13.0. The summed E-state index contributed by atoms with van der Waals surface area (Å²) in [5.41, 5.74) is 0.415. The zero-order valence-corrected chi connectivity index (χ0v) is 15.1. The number of halogens is 1. The average molecular weight is 356 g/mol. The highest BCUT2D eigenvalue weighted by atomic mass is 32.2. The molecule has 0 N–H and O–H groups in total. The molecule has 1 amide bonds. The van der Waals surface area contributed by atoms with Crippen molar-refractivity contribution in [3.05, 3.63) is 30.1 Å². The Labute approximate surface area is 143 Å². The molecular weight excluding hydrogens is 331 g/mol. The lowest BCUT2D eigenvalue weighted by Gasteiger charge is -2.31. The summed E-state index contributed by atoms with van der Waals surface area (Å²) in [6, 6.07) is 5.33. The Hall–Kier alpha value is -1.63. The Kier molecular flexibility index (Phi) is 6.21. The van der Waals surface area contributed by atoms with E-state index in [4.69, 9.17) is 0 Å². The van der Waals surface area contributed by atoms with Gasteiger partial charge >= 0.3 is 0 Å². The molecule has 2 rings (SSSR count). The quantitative estimate of drug-likeness (QED) is 0.787. The highest BCUT2D eigenvalue weighted by Gasteiger charge is 2.22. The second-order valence-corrected chi connectivity index (χ2v) is 8.41. The minimum atomic E-state index is -3.48. The average Bonchev–Trinajstić information content (AvgIpc) is 2.51. The fourth-order valence-electron chi connectivity index (χ4n) is 3.04. The zero-order valence-electron chi connectivity index (χ0n) is 14.2. The van der Waals surface area contributed by atoms with Crippen molar-refractivity contribution in [3.8, 4) is 0 Å². The molecule has 24 heavy (non-hydrogen) atoms. The predicted octanol–water partition coefficient (Wildman–Crippen LogP) is 2.63. The van der Waals surface area contributed by atoms with Crippen LogP contribution in [0.1, 0.15) is 32.6 Å². The first kappa shape index (κ1) is 18.7. The van der Waals surface area contributed by atoms with Crippen LogP contribution in [0.5, 0.6) is 0 Å². The van der Waals surface area contributed by atoms with Gasteiger partial charge in [0.1, 0.15) is 5.82 Å². The van der Waals surface area contributed by atoms with Crippen molar-refractivity contribution in [2.45, 2.75) is 32.6 Å². The molecule has 1 aliphatic rings.